The molecular formula is C18H26N6O2S. The Hall–Kier alpha value is -1.84. The first-order valence-corrected chi connectivity index (χ1v) is 11.4. The predicted octanol–water partition coefficient (Wildman–Crippen LogP) is 1.13. The van der Waals surface area contributed by atoms with Crippen molar-refractivity contribution >= 4 is 9.84 Å². The Kier molecular flexibility index (Phi) is 5.25. The summed E-state index contributed by atoms with van der Waals surface area (Å²) in [6.45, 7) is 5.26. The average Bonchev–Trinajstić information content (AvgIpc) is 3.33. The van der Waals surface area contributed by atoms with Crippen LogP contribution in [-0.2, 0) is 16.4 Å². The van der Waals surface area contributed by atoms with Gasteiger partial charge in [-0.05, 0) is 80.0 Å². The first-order valence-electron chi connectivity index (χ1n) is 9.55. The molecule has 3 heterocycles. The van der Waals surface area contributed by atoms with Crippen LogP contribution in [-0.4, -0.2) is 76.9 Å². The second-order valence-corrected chi connectivity index (χ2v) is 9.56. The quantitative estimate of drug-likeness (QED) is 0.756. The maximum absolute atomic E-state index is 11.6. The highest BCUT2D eigenvalue weighted by molar-refractivity contribution is 7.90. The lowest BCUT2D eigenvalue weighted by Crippen LogP contribution is -2.46. The number of sulfone groups is 1. The summed E-state index contributed by atoms with van der Waals surface area (Å²) >= 11 is 0. The Balaban J connectivity index is 1.47. The molecule has 2 aromatic rings. The molecule has 1 atom stereocenters. The summed E-state index contributed by atoms with van der Waals surface area (Å²) in [5.74, 6) is 0.782. The van der Waals surface area contributed by atoms with E-state index in [0.29, 0.717) is 17.5 Å². The number of nitrogens with zero attached hydrogens (tertiary/aromatic N) is 6. The molecule has 146 valence electrons. The van der Waals surface area contributed by atoms with Gasteiger partial charge in [0.1, 0.15) is 0 Å². The normalized spacial score (nSPS) is 22.3. The van der Waals surface area contributed by atoms with Crippen LogP contribution >= 0.6 is 0 Å². The van der Waals surface area contributed by atoms with Crippen LogP contribution in [0.1, 0.15) is 31.5 Å². The van der Waals surface area contributed by atoms with Gasteiger partial charge in [0.05, 0.1) is 17.1 Å². The number of benzene rings is 1. The second kappa shape index (κ2) is 7.65. The number of aromatic nitrogens is 4. The van der Waals surface area contributed by atoms with E-state index >= 15 is 0 Å². The molecule has 0 bridgehead atoms. The zero-order valence-corrected chi connectivity index (χ0v) is 16.5. The van der Waals surface area contributed by atoms with Crippen molar-refractivity contribution in [1.82, 2.24) is 30.0 Å². The van der Waals surface area contributed by atoms with Gasteiger partial charge in [-0.15, -0.1) is 5.10 Å². The maximum Gasteiger partial charge on any atom is 0.175 e. The van der Waals surface area contributed by atoms with E-state index in [-0.39, 0.29) is 0 Å². The summed E-state index contributed by atoms with van der Waals surface area (Å²) in [6, 6.07) is 7.33. The van der Waals surface area contributed by atoms with Gasteiger partial charge in [0, 0.05) is 18.8 Å². The van der Waals surface area contributed by atoms with E-state index in [4.69, 9.17) is 0 Å². The number of tetrazole rings is 1. The van der Waals surface area contributed by atoms with Crippen LogP contribution in [0.15, 0.2) is 29.2 Å². The van der Waals surface area contributed by atoms with Crippen LogP contribution in [0.5, 0.6) is 0 Å². The van der Waals surface area contributed by atoms with Crippen molar-refractivity contribution in [2.75, 3.05) is 32.4 Å². The maximum atomic E-state index is 11.6. The van der Waals surface area contributed by atoms with E-state index < -0.39 is 9.84 Å². The van der Waals surface area contributed by atoms with Crippen molar-refractivity contribution in [3.8, 4) is 5.69 Å². The first-order chi connectivity index (χ1) is 13.0. The third kappa shape index (κ3) is 4.20. The standard InChI is InChI=1S/C18H26N6O2S/c1-27(25,26)17-8-6-15(7-9-17)24-18(19-20-21-24)14-22-10-4-5-16(13-22)23-11-2-3-12-23/h6-9,16H,2-5,10-14H2,1H3. The van der Waals surface area contributed by atoms with Gasteiger partial charge in [0.2, 0.25) is 0 Å². The molecule has 0 N–H and O–H groups in total. The zero-order chi connectivity index (χ0) is 18.9. The number of hydrogen-bond donors (Lipinski definition) is 0. The van der Waals surface area contributed by atoms with E-state index in [1.165, 1.54) is 45.0 Å². The third-order valence-corrected chi connectivity index (χ3v) is 6.67. The lowest BCUT2D eigenvalue weighted by Gasteiger charge is -2.37. The second-order valence-electron chi connectivity index (χ2n) is 7.55. The van der Waals surface area contributed by atoms with Gasteiger partial charge in [-0.2, -0.15) is 4.68 Å². The molecule has 2 saturated heterocycles. The molecule has 2 aliphatic rings. The molecule has 0 radical (unpaired) electrons. The van der Waals surface area contributed by atoms with Gasteiger partial charge < -0.3 is 0 Å². The van der Waals surface area contributed by atoms with E-state index in [9.17, 15) is 8.42 Å². The van der Waals surface area contributed by atoms with Crippen molar-refractivity contribution in [3.63, 3.8) is 0 Å². The van der Waals surface area contributed by atoms with Gasteiger partial charge in [-0.1, -0.05) is 0 Å². The molecule has 0 aliphatic carbocycles. The molecule has 0 saturated carbocycles. The Bertz CT molecular complexity index is 874. The van der Waals surface area contributed by atoms with Crippen molar-refractivity contribution < 1.29 is 8.42 Å². The molecule has 1 unspecified atom stereocenters. The molecule has 9 heteroatoms. The van der Waals surface area contributed by atoms with E-state index in [1.807, 2.05) is 0 Å². The van der Waals surface area contributed by atoms with Crippen LogP contribution in [0, 0.1) is 0 Å². The molecule has 0 amide bonds. The molecule has 8 nitrogen and oxygen atoms in total. The minimum Gasteiger partial charge on any atom is -0.299 e. The molecule has 2 fully saturated rings. The van der Waals surface area contributed by atoms with Gasteiger partial charge in [-0.3, -0.25) is 9.80 Å². The molecule has 4 rings (SSSR count). The van der Waals surface area contributed by atoms with Crippen LogP contribution < -0.4 is 0 Å². The fourth-order valence-corrected chi connectivity index (χ4v) is 4.75. The van der Waals surface area contributed by atoms with Crippen molar-refractivity contribution in [1.29, 1.82) is 0 Å². The smallest absolute Gasteiger partial charge is 0.175 e. The van der Waals surface area contributed by atoms with E-state index in [1.54, 1.807) is 28.9 Å². The fraction of sp³-hybridized carbons (Fsp3) is 0.611. The average molecular weight is 391 g/mol. The summed E-state index contributed by atoms with van der Waals surface area (Å²) in [4.78, 5) is 5.35. The Morgan fingerprint density at radius 2 is 1.81 bits per heavy atom. The first kappa shape index (κ1) is 18.5. The summed E-state index contributed by atoms with van der Waals surface area (Å²) in [6.07, 6.45) is 6.31. The monoisotopic (exact) mass is 390 g/mol. The lowest BCUT2D eigenvalue weighted by atomic mass is 10.0. The van der Waals surface area contributed by atoms with Gasteiger partial charge in [-0.25, -0.2) is 8.42 Å². The summed E-state index contributed by atoms with van der Waals surface area (Å²) in [5.41, 5.74) is 0.774. The summed E-state index contributed by atoms with van der Waals surface area (Å²) in [7, 11) is -3.21. The molecule has 1 aromatic heterocycles. The van der Waals surface area contributed by atoms with Gasteiger partial charge in [0.15, 0.2) is 15.7 Å². The Morgan fingerprint density at radius 1 is 1.07 bits per heavy atom. The van der Waals surface area contributed by atoms with Crippen LogP contribution in [0.4, 0.5) is 0 Å². The fourth-order valence-electron chi connectivity index (χ4n) is 4.12. The van der Waals surface area contributed by atoms with Crippen molar-refractivity contribution in [3.05, 3.63) is 30.1 Å². The molecule has 27 heavy (non-hydrogen) atoms. The highest BCUT2D eigenvalue weighted by Crippen LogP contribution is 2.22. The van der Waals surface area contributed by atoms with Crippen LogP contribution in [0.2, 0.25) is 0 Å². The Labute approximate surface area is 160 Å². The minimum absolute atomic E-state index is 0.297. The van der Waals surface area contributed by atoms with Crippen LogP contribution in [0.3, 0.4) is 0 Å². The van der Waals surface area contributed by atoms with Crippen molar-refractivity contribution in [2.24, 2.45) is 0 Å². The number of likely N-dealkylation sites (tertiary alicyclic amines) is 2. The Morgan fingerprint density at radius 3 is 2.52 bits per heavy atom. The van der Waals surface area contributed by atoms with Gasteiger partial charge in [0.25, 0.3) is 0 Å². The number of rotatable bonds is 5. The SMILES string of the molecule is CS(=O)(=O)c1ccc(-n2nnnc2CN2CCCC(N3CCCC3)C2)cc1. The largest absolute Gasteiger partial charge is 0.299 e. The minimum atomic E-state index is -3.21. The predicted molar refractivity (Wildman–Crippen MR) is 101 cm³/mol. The van der Waals surface area contributed by atoms with Gasteiger partial charge >= 0.3 is 0 Å². The summed E-state index contributed by atoms with van der Waals surface area (Å²) in [5, 5.41) is 12.2. The topological polar surface area (TPSA) is 84.2 Å². The third-order valence-electron chi connectivity index (χ3n) is 5.55. The van der Waals surface area contributed by atoms with Crippen LogP contribution in [0.25, 0.3) is 5.69 Å². The van der Waals surface area contributed by atoms with E-state index in [2.05, 4.69) is 25.3 Å². The summed E-state index contributed by atoms with van der Waals surface area (Å²) < 4.78 is 25.0. The number of piperidine rings is 1. The van der Waals surface area contributed by atoms with E-state index in [0.717, 1.165) is 24.6 Å². The highest BCUT2D eigenvalue weighted by atomic mass is 32.2. The van der Waals surface area contributed by atoms with Crippen molar-refractivity contribution in [2.45, 2.75) is 43.2 Å². The number of hydrogen-bond acceptors (Lipinski definition) is 7. The molecular weight excluding hydrogens is 364 g/mol. The lowest BCUT2D eigenvalue weighted by molar-refractivity contribution is 0.108. The highest BCUT2D eigenvalue weighted by Gasteiger charge is 2.28. The zero-order valence-electron chi connectivity index (χ0n) is 15.7. The molecule has 2 aliphatic heterocycles. The molecule has 1 aromatic carbocycles. The molecule has 0 spiro atoms.